The van der Waals surface area contributed by atoms with Gasteiger partial charge in [-0.2, -0.15) is 0 Å². The molecule has 3 nitrogen and oxygen atoms in total. The van der Waals surface area contributed by atoms with E-state index in [4.69, 9.17) is 0 Å². The molecule has 0 saturated heterocycles. The Balaban J connectivity index is 3.73. The SMILES string of the molecule is C=CC(=O)N(CCCCCCCC)C(C)=O. The fourth-order valence-corrected chi connectivity index (χ4v) is 1.58. The van der Waals surface area contributed by atoms with Gasteiger partial charge in [0.05, 0.1) is 0 Å². The van der Waals surface area contributed by atoms with E-state index in [1.54, 1.807) is 0 Å². The lowest BCUT2D eigenvalue weighted by atomic mass is 10.1. The summed E-state index contributed by atoms with van der Waals surface area (Å²) in [4.78, 5) is 23.7. The van der Waals surface area contributed by atoms with Gasteiger partial charge in [0, 0.05) is 13.5 Å². The zero-order valence-corrected chi connectivity index (χ0v) is 10.5. The summed E-state index contributed by atoms with van der Waals surface area (Å²) in [5, 5.41) is 0. The first-order valence-corrected chi connectivity index (χ1v) is 6.08. The van der Waals surface area contributed by atoms with Crippen LogP contribution in [0.4, 0.5) is 0 Å². The summed E-state index contributed by atoms with van der Waals surface area (Å²) >= 11 is 0. The highest BCUT2D eigenvalue weighted by Gasteiger charge is 2.13. The normalized spacial score (nSPS) is 9.88. The van der Waals surface area contributed by atoms with Crippen LogP contribution >= 0.6 is 0 Å². The quantitative estimate of drug-likeness (QED) is 0.470. The number of amides is 2. The first-order chi connectivity index (χ1) is 7.63. The molecule has 0 bridgehead atoms. The smallest absolute Gasteiger partial charge is 0.252 e. The van der Waals surface area contributed by atoms with Crippen LogP contribution in [0.25, 0.3) is 0 Å². The third kappa shape index (κ3) is 6.38. The summed E-state index contributed by atoms with van der Waals surface area (Å²) in [6, 6.07) is 0. The van der Waals surface area contributed by atoms with Crippen LogP contribution in [0.1, 0.15) is 52.4 Å². The van der Waals surface area contributed by atoms with Gasteiger partial charge < -0.3 is 0 Å². The molecule has 0 aliphatic rings. The molecule has 0 unspecified atom stereocenters. The van der Waals surface area contributed by atoms with Crippen LogP contribution in [0.2, 0.25) is 0 Å². The van der Waals surface area contributed by atoms with E-state index in [-0.39, 0.29) is 11.8 Å². The van der Waals surface area contributed by atoms with Gasteiger partial charge in [-0.1, -0.05) is 45.6 Å². The minimum atomic E-state index is -0.291. The lowest BCUT2D eigenvalue weighted by molar-refractivity contribution is -0.140. The average Bonchev–Trinajstić information content (AvgIpc) is 2.26. The van der Waals surface area contributed by atoms with Crippen molar-refractivity contribution in [2.24, 2.45) is 0 Å². The Labute approximate surface area is 98.5 Å². The van der Waals surface area contributed by atoms with Crippen molar-refractivity contribution in [3.63, 3.8) is 0 Å². The molecule has 0 radical (unpaired) electrons. The number of carbonyl (C=O) groups excluding carboxylic acids is 2. The topological polar surface area (TPSA) is 37.4 Å². The molecule has 2 amide bonds. The lowest BCUT2D eigenvalue weighted by Crippen LogP contribution is -2.34. The van der Waals surface area contributed by atoms with Crippen LogP contribution in [0.15, 0.2) is 12.7 Å². The van der Waals surface area contributed by atoms with E-state index in [9.17, 15) is 9.59 Å². The summed E-state index contributed by atoms with van der Waals surface area (Å²) in [5.41, 5.74) is 0. The van der Waals surface area contributed by atoms with Gasteiger partial charge in [-0.25, -0.2) is 0 Å². The minimum absolute atomic E-state index is 0.196. The fraction of sp³-hybridized carbons (Fsp3) is 0.692. The maximum Gasteiger partial charge on any atom is 0.252 e. The highest BCUT2D eigenvalue weighted by molar-refractivity contribution is 5.99. The molecule has 3 heteroatoms. The second-order valence-electron chi connectivity index (χ2n) is 3.98. The molecule has 0 aromatic carbocycles. The van der Waals surface area contributed by atoms with Crippen LogP contribution in [0, 0.1) is 0 Å². The van der Waals surface area contributed by atoms with Gasteiger partial charge in [-0.15, -0.1) is 0 Å². The summed E-state index contributed by atoms with van der Waals surface area (Å²) in [7, 11) is 0. The standard InChI is InChI=1S/C13H23NO2/c1-4-6-7-8-9-10-11-14(12(3)15)13(16)5-2/h5H,2,4,6-11H2,1,3H3. The number of hydrogen-bond acceptors (Lipinski definition) is 2. The molecule has 0 N–H and O–H groups in total. The highest BCUT2D eigenvalue weighted by atomic mass is 16.2. The average molecular weight is 225 g/mol. The molecule has 0 aromatic rings. The predicted octanol–water partition coefficient (Wildman–Crippen LogP) is 2.91. The van der Waals surface area contributed by atoms with Crippen molar-refractivity contribution in [1.29, 1.82) is 0 Å². The molecule has 0 spiro atoms. The largest absolute Gasteiger partial charge is 0.279 e. The summed E-state index contributed by atoms with van der Waals surface area (Å²) in [6.07, 6.45) is 8.08. The van der Waals surface area contributed by atoms with Crippen molar-refractivity contribution in [2.45, 2.75) is 52.4 Å². The van der Waals surface area contributed by atoms with Gasteiger partial charge in [-0.3, -0.25) is 14.5 Å². The first kappa shape index (κ1) is 14.9. The molecule has 0 aliphatic heterocycles. The lowest BCUT2D eigenvalue weighted by Gasteiger charge is -2.16. The molecule has 0 rings (SSSR count). The number of rotatable bonds is 8. The molecule has 0 aromatic heterocycles. The molecule has 0 atom stereocenters. The predicted molar refractivity (Wildman–Crippen MR) is 66.0 cm³/mol. The number of nitrogens with zero attached hydrogens (tertiary/aromatic N) is 1. The maximum absolute atomic E-state index is 11.3. The number of unbranched alkanes of at least 4 members (excludes halogenated alkanes) is 5. The van der Waals surface area contributed by atoms with Crippen LogP contribution in [-0.4, -0.2) is 23.3 Å². The van der Waals surface area contributed by atoms with Crippen molar-refractivity contribution in [2.75, 3.05) is 6.54 Å². The van der Waals surface area contributed by atoms with Gasteiger partial charge in [-0.05, 0) is 12.5 Å². The molecule has 0 heterocycles. The Morgan fingerprint density at radius 3 is 2.19 bits per heavy atom. The monoisotopic (exact) mass is 225 g/mol. The van der Waals surface area contributed by atoms with E-state index in [1.807, 2.05) is 0 Å². The van der Waals surface area contributed by atoms with Crippen molar-refractivity contribution < 1.29 is 9.59 Å². The molecule has 16 heavy (non-hydrogen) atoms. The second kappa shape index (κ2) is 9.13. The van der Waals surface area contributed by atoms with E-state index in [0.29, 0.717) is 6.54 Å². The zero-order chi connectivity index (χ0) is 12.4. The summed E-state index contributed by atoms with van der Waals surface area (Å²) < 4.78 is 0. The van der Waals surface area contributed by atoms with Gasteiger partial charge >= 0.3 is 0 Å². The van der Waals surface area contributed by atoms with E-state index in [0.717, 1.165) is 12.8 Å². The molecular weight excluding hydrogens is 202 g/mol. The van der Waals surface area contributed by atoms with Crippen LogP contribution in [0.3, 0.4) is 0 Å². The highest BCUT2D eigenvalue weighted by Crippen LogP contribution is 2.06. The third-order valence-corrected chi connectivity index (χ3v) is 2.56. The molecule has 0 fully saturated rings. The van der Waals surface area contributed by atoms with Crippen LogP contribution in [-0.2, 0) is 9.59 Å². The fourth-order valence-electron chi connectivity index (χ4n) is 1.58. The van der Waals surface area contributed by atoms with Gasteiger partial charge in [0.15, 0.2) is 0 Å². The summed E-state index contributed by atoms with van der Waals surface area (Å²) in [6.45, 7) is 7.51. The van der Waals surface area contributed by atoms with Gasteiger partial charge in [0.2, 0.25) is 5.91 Å². The number of hydrogen-bond donors (Lipinski definition) is 0. The van der Waals surface area contributed by atoms with Crippen LogP contribution in [0.5, 0.6) is 0 Å². The minimum Gasteiger partial charge on any atom is -0.279 e. The molecule has 0 saturated carbocycles. The Morgan fingerprint density at radius 1 is 1.12 bits per heavy atom. The number of carbonyl (C=O) groups is 2. The Morgan fingerprint density at radius 2 is 1.69 bits per heavy atom. The van der Waals surface area contributed by atoms with Gasteiger partial charge in [0.25, 0.3) is 5.91 Å². The summed E-state index contributed by atoms with van der Waals surface area (Å²) in [5.74, 6) is -0.487. The first-order valence-electron chi connectivity index (χ1n) is 6.08. The molecule has 0 aliphatic carbocycles. The second-order valence-corrected chi connectivity index (χ2v) is 3.98. The van der Waals surface area contributed by atoms with Crippen molar-refractivity contribution in [3.05, 3.63) is 12.7 Å². The van der Waals surface area contributed by atoms with Crippen LogP contribution < -0.4 is 0 Å². The Hall–Kier alpha value is -1.12. The van der Waals surface area contributed by atoms with Gasteiger partial charge in [0.1, 0.15) is 0 Å². The van der Waals surface area contributed by atoms with E-state index >= 15 is 0 Å². The van der Waals surface area contributed by atoms with Crippen molar-refractivity contribution >= 4 is 11.8 Å². The molecular formula is C13H23NO2. The van der Waals surface area contributed by atoms with E-state index in [2.05, 4.69) is 13.5 Å². The zero-order valence-electron chi connectivity index (χ0n) is 10.5. The van der Waals surface area contributed by atoms with Crippen molar-refractivity contribution in [3.8, 4) is 0 Å². The Bertz CT molecular complexity index is 236. The Kier molecular flexibility index (Phi) is 8.49. The van der Waals surface area contributed by atoms with Crippen molar-refractivity contribution in [1.82, 2.24) is 4.90 Å². The molecule has 92 valence electrons. The maximum atomic E-state index is 11.3. The number of imide groups is 1. The van der Waals surface area contributed by atoms with E-state index in [1.165, 1.54) is 43.6 Å². The van der Waals surface area contributed by atoms with E-state index < -0.39 is 0 Å². The third-order valence-electron chi connectivity index (χ3n) is 2.56.